The second-order valence-corrected chi connectivity index (χ2v) is 9.25. The molecule has 2 amide bonds. The molecule has 5 N–H and O–H groups in total. The lowest BCUT2D eigenvalue weighted by atomic mass is 10.0. The van der Waals surface area contributed by atoms with Crippen LogP contribution in [-0.2, 0) is 35.4 Å². The van der Waals surface area contributed by atoms with Crippen LogP contribution in [0, 0.1) is 0 Å². The Labute approximate surface area is 210 Å². The highest BCUT2D eigenvalue weighted by Gasteiger charge is 2.55. The van der Waals surface area contributed by atoms with Gasteiger partial charge in [0.15, 0.2) is 16.5 Å². The second-order valence-electron chi connectivity index (χ2n) is 7.26. The number of rotatable bonds is 10. The van der Waals surface area contributed by atoms with E-state index in [1.807, 2.05) is 0 Å². The number of nitrogens with one attached hydrogen (secondary N) is 1. The third-order valence-corrected chi connectivity index (χ3v) is 6.84. The van der Waals surface area contributed by atoms with Crippen LogP contribution in [0.15, 0.2) is 46.5 Å². The zero-order valence-electron chi connectivity index (χ0n) is 18.2. The number of thiazole rings is 1. The first kappa shape index (κ1) is 24.9. The minimum absolute atomic E-state index is 0.0261. The lowest BCUT2D eigenvalue weighted by Gasteiger charge is -2.48. The molecule has 0 unspecified atom stereocenters. The molecule has 0 spiro atoms. The van der Waals surface area contributed by atoms with Crippen molar-refractivity contribution in [1.82, 2.24) is 20.2 Å². The number of fused-ring (bicyclic) bond motifs is 1. The number of carboxylic acid groups (broad SMARTS) is 2. The number of carboxylic acids is 2. The molecule has 188 valence electrons. The van der Waals surface area contributed by atoms with Crippen molar-refractivity contribution in [2.24, 2.45) is 5.16 Å². The molecule has 2 aromatic rings. The molecule has 0 aliphatic carbocycles. The summed E-state index contributed by atoms with van der Waals surface area (Å²) in [5.74, 6) is -3.91. The van der Waals surface area contributed by atoms with E-state index in [0.717, 1.165) is 21.8 Å². The first-order valence-corrected chi connectivity index (χ1v) is 12.1. The Morgan fingerprint density at radius 3 is 2.67 bits per heavy atom. The molecule has 2 aromatic heterocycles. The van der Waals surface area contributed by atoms with Crippen LogP contribution >= 0.6 is 23.1 Å². The molecule has 4 heterocycles. The van der Waals surface area contributed by atoms with Gasteiger partial charge in [-0.3, -0.25) is 19.5 Å². The standard InChI is InChI=1S/C20H18N6O8S2/c21-20-23-10(7-36-20)13(25-34-6-12(27)28)16(29)24-14-17(30)26-15(19(31)32)11(8-35-18(14)26)33-5-9-1-3-22-4-2-9/h1-4,7,14,18H,5-6,8H2,(H2,21,23)(H,24,29)(H,27,28)(H,31,32)/b25-13-/t14-,18-/m1/s1. The van der Waals surface area contributed by atoms with Gasteiger partial charge in [-0.2, -0.15) is 0 Å². The van der Waals surface area contributed by atoms with Crippen molar-refractivity contribution < 1.29 is 39.0 Å². The number of aromatic nitrogens is 2. The minimum Gasteiger partial charge on any atom is -0.490 e. The van der Waals surface area contributed by atoms with Crippen LogP contribution in [0.5, 0.6) is 0 Å². The molecular formula is C20H18N6O8S2. The number of aliphatic carboxylic acids is 2. The van der Waals surface area contributed by atoms with E-state index in [2.05, 4.69) is 25.3 Å². The van der Waals surface area contributed by atoms with Crippen molar-refractivity contribution in [3.63, 3.8) is 0 Å². The summed E-state index contributed by atoms with van der Waals surface area (Å²) in [5.41, 5.74) is 5.72. The number of oxime groups is 1. The van der Waals surface area contributed by atoms with Crippen LogP contribution in [-0.4, -0.2) is 78.3 Å². The first-order valence-electron chi connectivity index (χ1n) is 10.1. The normalized spacial score (nSPS) is 19.3. The molecule has 2 aliphatic rings. The number of amides is 2. The van der Waals surface area contributed by atoms with Crippen LogP contribution in [0.1, 0.15) is 11.3 Å². The lowest BCUT2D eigenvalue weighted by Crippen LogP contribution is -2.71. The summed E-state index contributed by atoms with van der Waals surface area (Å²) in [6.45, 7) is -0.713. The van der Waals surface area contributed by atoms with Crippen molar-refractivity contribution in [3.8, 4) is 0 Å². The number of nitrogens with two attached hydrogens (primary N) is 1. The van der Waals surface area contributed by atoms with Gasteiger partial charge in [0.1, 0.15) is 29.5 Å². The maximum Gasteiger partial charge on any atom is 0.356 e. The van der Waals surface area contributed by atoms with E-state index in [1.165, 1.54) is 17.1 Å². The summed E-state index contributed by atoms with van der Waals surface area (Å²) in [6, 6.07) is 2.37. The molecule has 0 saturated carbocycles. The quantitative estimate of drug-likeness (QED) is 0.178. The number of nitrogen functional groups attached to an aromatic ring is 1. The van der Waals surface area contributed by atoms with Crippen molar-refractivity contribution in [2.45, 2.75) is 18.0 Å². The summed E-state index contributed by atoms with van der Waals surface area (Å²) < 4.78 is 5.69. The van der Waals surface area contributed by atoms with Gasteiger partial charge in [0.25, 0.3) is 11.8 Å². The van der Waals surface area contributed by atoms with Gasteiger partial charge in [-0.15, -0.1) is 23.1 Å². The van der Waals surface area contributed by atoms with Crippen molar-refractivity contribution in [2.75, 3.05) is 18.1 Å². The van der Waals surface area contributed by atoms with E-state index < -0.39 is 41.8 Å². The Morgan fingerprint density at radius 1 is 1.28 bits per heavy atom. The van der Waals surface area contributed by atoms with Crippen molar-refractivity contribution >= 4 is 57.7 Å². The Kier molecular flexibility index (Phi) is 7.35. The minimum atomic E-state index is -1.34. The number of carbonyl (C=O) groups is 4. The lowest BCUT2D eigenvalue weighted by molar-refractivity contribution is -0.150. The number of carbonyl (C=O) groups excluding carboxylic acids is 2. The fraction of sp³-hybridized carbons (Fsp3) is 0.250. The van der Waals surface area contributed by atoms with Gasteiger partial charge >= 0.3 is 11.9 Å². The predicted octanol–water partition coefficient (Wildman–Crippen LogP) is -0.161. The molecule has 36 heavy (non-hydrogen) atoms. The number of hydrogen-bond acceptors (Lipinski definition) is 12. The number of anilines is 1. The molecular weight excluding hydrogens is 516 g/mol. The van der Waals surface area contributed by atoms with Gasteiger partial charge in [0, 0.05) is 17.8 Å². The Bertz CT molecular complexity index is 1260. The van der Waals surface area contributed by atoms with E-state index in [0.29, 0.717) is 0 Å². The Morgan fingerprint density at radius 2 is 2.03 bits per heavy atom. The smallest absolute Gasteiger partial charge is 0.356 e. The highest BCUT2D eigenvalue weighted by molar-refractivity contribution is 8.00. The molecule has 0 aromatic carbocycles. The third kappa shape index (κ3) is 5.23. The van der Waals surface area contributed by atoms with Gasteiger partial charge in [0.2, 0.25) is 6.61 Å². The van der Waals surface area contributed by atoms with E-state index in [9.17, 15) is 24.3 Å². The zero-order chi connectivity index (χ0) is 25.8. The van der Waals surface area contributed by atoms with Crippen molar-refractivity contribution in [1.29, 1.82) is 0 Å². The maximum absolute atomic E-state index is 12.9. The molecule has 2 atom stereocenters. The highest BCUT2D eigenvalue weighted by Crippen LogP contribution is 2.40. The Balaban J connectivity index is 1.49. The van der Waals surface area contributed by atoms with Crippen LogP contribution in [0.2, 0.25) is 0 Å². The fourth-order valence-corrected chi connectivity index (χ4v) is 5.14. The number of thioether (sulfide) groups is 1. The third-order valence-electron chi connectivity index (χ3n) is 4.91. The molecule has 2 aliphatic heterocycles. The summed E-state index contributed by atoms with van der Waals surface area (Å²) in [7, 11) is 0. The van der Waals surface area contributed by atoms with Crippen LogP contribution in [0.25, 0.3) is 0 Å². The predicted molar refractivity (Wildman–Crippen MR) is 125 cm³/mol. The van der Waals surface area contributed by atoms with Gasteiger partial charge in [0.05, 0.1) is 5.75 Å². The first-order chi connectivity index (χ1) is 17.3. The highest BCUT2D eigenvalue weighted by atomic mass is 32.2. The molecule has 16 heteroatoms. The molecule has 4 rings (SSSR count). The SMILES string of the molecule is Nc1nc(/C(=N/OCC(=O)O)C(=O)N[C@@H]2C(=O)N3C(C(=O)O)=C(OCc4ccncc4)CS[C@H]23)cs1. The van der Waals surface area contributed by atoms with Gasteiger partial charge < -0.3 is 30.8 Å². The van der Waals surface area contributed by atoms with E-state index >= 15 is 0 Å². The average molecular weight is 535 g/mol. The fourth-order valence-electron chi connectivity index (χ4n) is 3.31. The number of ether oxygens (including phenoxy) is 1. The summed E-state index contributed by atoms with van der Waals surface area (Å²) >= 11 is 2.23. The van der Waals surface area contributed by atoms with Crippen molar-refractivity contribution in [3.05, 3.63) is 52.6 Å². The summed E-state index contributed by atoms with van der Waals surface area (Å²) in [6.07, 6.45) is 3.15. The summed E-state index contributed by atoms with van der Waals surface area (Å²) in [4.78, 5) is 62.1. The van der Waals surface area contributed by atoms with Crippen LogP contribution < -0.4 is 11.1 Å². The maximum atomic E-state index is 12.9. The number of nitrogens with zero attached hydrogens (tertiary/aromatic N) is 4. The topological polar surface area (TPSA) is 207 Å². The largest absolute Gasteiger partial charge is 0.490 e. The molecule has 1 fully saturated rings. The van der Waals surface area contributed by atoms with Gasteiger partial charge in [-0.1, -0.05) is 5.16 Å². The molecule has 0 bridgehead atoms. The second kappa shape index (κ2) is 10.6. The average Bonchev–Trinajstić information content (AvgIpc) is 3.29. The molecule has 1 saturated heterocycles. The van der Waals surface area contributed by atoms with Gasteiger partial charge in [-0.25, -0.2) is 14.6 Å². The Hall–Kier alpha value is -4.18. The van der Waals surface area contributed by atoms with E-state index in [1.54, 1.807) is 24.5 Å². The number of hydrogen-bond donors (Lipinski definition) is 4. The summed E-state index contributed by atoms with van der Waals surface area (Å²) in [5, 5.41) is 25.4. The van der Waals surface area contributed by atoms with Gasteiger partial charge in [-0.05, 0) is 17.7 Å². The monoisotopic (exact) mass is 534 g/mol. The molecule has 0 radical (unpaired) electrons. The zero-order valence-corrected chi connectivity index (χ0v) is 19.8. The van der Waals surface area contributed by atoms with E-state index in [4.69, 9.17) is 15.6 Å². The van der Waals surface area contributed by atoms with Crippen LogP contribution in [0.3, 0.4) is 0 Å². The van der Waals surface area contributed by atoms with Crippen LogP contribution in [0.4, 0.5) is 5.13 Å². The number of pyridine rings is 1. The molecule has 14 nitrogen and oxygen atoms in total. The van der Waals surface area contributed by atoms with E-state index in [-0.39, 0.29) is 40.4 Å². The number of β-lactam (4-membered cyclic amide) rings is 1.